The van der Waals surface area contributed by atoms with Crippen molar-refractivity contribution in [3.05, 3.63) is 29.3 Å². The van der Waals surface area contributed by atoms with E-state index in [9.17, 15) is 5.11 Å². The molecule has 0 amide bonds. The second-order valence-corrected chi connectivity index (χ2v) is 6.61. The lowest BCUT2D eigenvalue weighted by atomic mass is 9.96. The van der Waals surface area contributed by atoms with Gasteiger partial charge in [-0.15, -0.1) is 0 Å². The molecule has 1 heterocycles. The van der Waals surface area contributed by atoms with E-state index in [0.717, 1.165) is 5.75 Å². The van der Waals surface area contributed by atoms with Crippen molar-refractivity contribution < 1.29 is 9.84 Å². The minimum atomic E-state index is -0.497. The van der Waals surface area contributed by atoms with Crippen LogP contribution < -0.4 is 4.74 Å². The van der Waals surface area contributed by atoms with E-state index in [0.29, 0.717) is 23.7 Å². The minimum absolute atomic E-state index is 0.243. The molecule has 1 aliphatic heterocycles. The maximum atomic E-state index is 10.4. The maximum absolute atomic E-state index is 10.4. The largest absolute Gasteiger partial charge is 0.488 e. The highest BCUT2D eigenvalue weighted by Crippen LogP contribution is 2.24. The Morgan fingerprint density at radius 2 is 1.81 bits per heavy atom. The highest BCUT2D eigenvalue weighted by molar-refractivity contribution is 6.30. The molecule has 0 saturated carbocycles. The molecule has 4 unspecified atom stereocenters. The lowest BCUT2D eigenvalue weighted by Crippen LogP contribution is -2.50. The molecule has 1 aromatic rings. The zero-order valence-corrected chi connectivity index (χ0v) is 13.9. The summed E-state index contributed by atoms with van der Waals surface area (Å²) in [5.74, 6) is 0.741. The first-order valence-electron chi connectivity index (χ1n) is 7.83. The van der Waals surface area contributed by atoms with Gasteiger partial charge in [-0.2, -0.15) is 0 Å². The molecule has 1 fully saturated rings. The standard InChI is InChI=1S/C17H26ClNO2/c1-12-5-4-6-13(2)19(12)11-17(20)14(3)21-16-9-7-15(18)8-10-16/h7-10,12-14,17,20H,4-6,11H2,1-3H3. The van der Waals surface area contributed by atoms with Crippen molar-refractivity contribution >= 4 is 11.6 Å². The van der Waals surface area contributed by atoms with E-state index in [2.05, 4.69) is 18.7 Å². The zero-order chi connectivity index (χ0) is 15.4. The summed E-state index contributed by atoms with van der Waals surface area (Å²) in [7, 11) is 0. The smallest absolute Gasteiger partial charge is 0.123 e. The Balaban J connectivity index is 1.89. The van der Waals surface area contributed by atoms with Crippen molar-refractivity contribution in [2.75, 3.05) is 6.54 Å². The first-order chi connectivity index (χ1) is 9.97. The molecule has 1 N–H and O–H groups in total. The van der Waals surface area contributed by atoms with Crippen LogP contribution in [-0.4, -0.2) is 40.8 Å². The Morgan fingerprint density at radius 3 is 2.38 bits per heavy atom. The average molecular weight is 312 g/mol. The maximum Gasteiger partial charge on any atom is 0.123 e. The van der Waals surface area contributed by atoms with Gasteiger partial charge in [0.1, 0.15) is 18.0 Å². The van der Waals surface area contributed by atoms with Gasteiger partial charge in [0.25, 0.3) is 0 Å². The predicted octanol–water partition coefficient (Wildman–Crippen LogP) is 3.73. The normalized spacial score (nSPS) is 26.3. The first kappa shape index (κ1) is 16.6. The summed E-state index contributed by atoms with van der Waals surface area (Å²) in [6.45, 7) is 7.07. The van der Waals surface area contributed by atoms with Gasteiger partial charge in [0.2, 0.25) is 0 Å². The molecule has 1 aromatic carbocycles. The van der Waals surface area contributed by atoms with Crippen LogP contribution >= 0.6 is 11.6 Å². The molecule has 0 spiro atoms. The third-order valence-corrected chi connectivity index (χ3v) is 4.70. The number of likely N-dealkylation sites (tertiary alicyclic amines) is 1. The molecule has 21 heavy (non-hydrogen) atoms. The Morgan fingerprint density at radius 1 is 1.24 bits per heavy atom. The van der Waals surface area contributed by atoms with E-state index in [1.54, 1.807) is 12.1 Å². The van der Waals surface area contributed by atoms with Crippen LogP contribution in [0.25, 0.3) is 0 Å². The lowest BCUT2D eigenvalue weighted by molar-refractivity contribution is -0.00959. The number of β-amino-alcohol motifs (C(OH)–C–C–N with tert-alkyl or cyclic N) is 1. The SMILES string of the molecule is CC(Oc1ccc(Cl)cc1)C(O)CN1C(C)CCCC1C. The summed E-state index contributed by atoms with van der Waals surface area (Å²) >= 11 is 5.86. The van der Waals surface area contributed by atoms with Crippen molar-refractivity contribution in [1.82, 2.24) is 4.90 Å². The quantitative estimate of drug-likeness (QED) is 0.899. The van der Waals surface area contributed by atoms with Gasteiger partial charge in [0.05, 0.1) is 0 Å². The van der Waals surface area contributed by atoms with E-state index in [4.69, 9.17) is 16.3 Å². The Kier molecular flexibility index (Phi) is 5.91. The van der Waals surface area contributed by atoms with Gasteiger partial charge >= 0.3 is 0 Å². The molecule has 118 valence electrons. The summed E-state index contributed by atoms with van der Waals surface area (Å²) in [4.78, 5) is 2.40. The monoisotopic (exact) mass is 311 g/mol. The van der Waals surface area contributed by atoms with E-state index < -0.39 is 6.10 Å². The van der Waals surface area contributed by atoms with Crippen LogP contribution in [0.1, 0.15) is 40.0 Å². The minimum Gasteiger partial charge on any atom is -0.488 e. The topological polar surface area (TPSA) is 32.7 Å². The van der Waals surface area contributed by atoms with Crippen LogP contribution in [0.2, 0.25) is 5.02 Å². The molecule has 4 atom stereocenters. The number of aliphatic hydroxyl groups is 1. The Bertz CT molecular complexity index is 427. The molecule has 0 radical (unpaired) electrons. The van der Waals surface area contributed by atoms with E-state index in [1.165, 1.54) is 19.3 Å². The number of rotatable bonds is 5. The molecule has 0 aliphatic carbocycles. The second kappa shape index (κ2) is 7.48. The number of nitrogens with zero attached hydrogens (tertiary/aromatic N) is 1. The van der Waals surface area contributed by atoms with Gasteiger partial charge in [0, 0.05) is 23.7 Å². The number of hydrogen-bond acceptors (Lipinski definition) is 3. The highest BCUT2D eigenvalue weighted by Gasteiger charge is 2.28. The van der Waals surface area contributed by atoms with Gasteiger partial charge in [-0.05, 0) is 57.9 Å². The molecule has 1 saturated heterocycles. The zero-order valence-electron chi connectivity index (χ0n) is 13.1. The van der Waals surface area contributed by atoms with Gasteiger partial charge in [-0.3, -0.25) is 4.90 Å². The van der Waals surface area contributed by atoms with Crippen LogP contribution in [0.3, 0.4) is 0 Å². The van der Waals surface area contributed by atoms with E-state index in [1.807, 2.05) is 19.1 Å². The fourth-order valence-corrected chi connectivity index (χ4v) is 3.13. The molecular formula is C17H26ClNO2. The highest BCUT2D eigenvalue weighted by atomic mass is 35.5. The lowest BCUT2D eigenvalue weighted by Gasteiger charge is -2.40. The number of ether oxygens (including phenoxy) is 1. The predicted molar refractivity (Wildman–Crippen MR) is 87.0 cm³/mol. The summed E-state index contributed by atoms with van der Waals surface area (Å²) in [5.41, 5.74) is 0. The van der Waals surface area contributed by atoms with Crippen molar-refractivity contribution in [1.29, 1.82) is 0 Å². The number of halogens is 1. The van der Waals surface area contributed by atoms with Gasteiger partial charge in [-0.25, -0.2) is 0 Å². The van der Waals surface area contributed by atoms with Crippen molar-refractivity contribution in [3.8, 4) is 5.75 Å². The second-order valence-electron chi connectivity index (χ2n) is 6.17. The number of benzene rings is 1. The molecule has 0 aromatic heterocycles. The van der Waals surface area contributed by atoms with Crippen LogP contribution in [0.4, 0.5) is 0 Å². The van der Waals surface area contributed by atoms with Crippen LogP contribution in [0, 0.1) is 0 Å². The number of hydrogen-bond donors (Lipinski definition) is 1. The Hall–Kier alpha value is -0.770. The molecule has 1 aliphatic rings. The van der Waals surface area contributed by atoms with Crippen LogP contribution in [0.5, 0.6) is 5.75 Å². The fourth-order valence-electron chi connectivity index (χ4n) is 3.01. The third-order valence-electron chi connectivity index (χ3n) is 4.45. The van der Waals surface area contributed by atoms with Crippen LogP contribution in [0.15, 0.2) is 24.3 Å². The molecular weight excluding hydrogens is 286 g/mol. The van der Waals surface area contributed by atoms with Gasteiger partial charge in [-0.1, -0.05) is 18.0 Å². The summed E-state index contributed by atoms with van der Waals surface area (Å²) in [6.07, 6.45) is 2.97. The summed E-state index contributed by atoms with van der Waals surface area (Å²) in [5, 5.41) is 11.1. The molecule has 0 bridgehead atoms. The molecule has 4 heteroatoms. The van der Waals surface area contributed by atoms with E-state index in [-0.39, 0.29) is 6.10 Å². The van der Waals surface area contributed by atoms with E-state index >= 15 is 0 Å². The van der Waals surface area contributed by atoms with Crippen LogP contribution in [-0.2, 0) is 0 Å². The first-order valence-corrected chi connectivity index (χ1v) is 8.21. The molecule has 2 rings (SSSR count). The summed E-state index contributed by atoms with van der Waals surface area (Å²) in [6, 6.07) is 8.32. The van der Waals surface area contributed by atoms with Crippen molar-refractivity contribution in [2.24, 2.45) is 0 Å². The van der Waals surface area contributed by atoms with Crippen molar-refractivity contribution in [3.63, 3.8) is 0 Å². The summed E-state index contributed by atoms with van der Waals surface area (Å²) < 4.78 is 5.81. The number of piperidine rings is 1. The average Bonchev–Trinajstić information content (AvgIpc) is 2.45. The molecule has 3 nitrogen and oxygen atoms in total. The van der Waals surface area contributed by atoms with Gasteiger partial charge in [0.15, 0.2) is 0 Å². The van der Waals surface area contributed by atoms with Crippen molar-refractivity contribution in [2.45, 2.75) is 64.3 Å². The fraction of sp³-hybridized carbons (Fsp3) is 0.647. The van der Waals surface area contributed by atoms with Gasteiger partial charge < -0.3 is 9.84 Å². The third kappa shape index (κ3) is 4.60. The Labute approximate surface area is 132 Å². The number of aliphatic hydroxyl groups excluding tert-OH is 1.